The summed E-state index contributed by atoms with van der Waals surface area (Å²) in [5.74, 6) is -3.24. The Kier molecular flexibility index (Phi) is 5.07. The number of carbonyl (C=O) groups excluding carboxylic acids is 2. The number of cyclic esters (lactones) is 2. The number of carbonyl (C=O) groups is 2. The largest absolute Gasteiger partial charge is 0.419 e. The van der Waals surface area contributed by atoms with Crippen molar-refractivity contribution in [3.8, 4) is 0 Å². The standard InChI is InChI=1S/C13H9BrCl2N2O6/c1-13(2)23-11(19)5(12(20)24-13)4-17-10-7(18(21)22)3-6(15)9(16)8(10)14/h3-4,17H,1-2H3. The fourth-order valence-corrected chi connectivity index (χ4v) is 2.78. The van der Waals surface area contributed by atoms with Gasteiger partial charge in [0.15, 0.2) is 5.57 Å². The molecule has 0 bridgehead atoms. The number of benzene rings is 1. The van der Waals surface area contributed by atoms with Crippen molar-refractivity contribution in [1.29, 1.82) is 0 Å². The highest BCUT2D eigenvalue weighted by atomic mass is 79.9. The van der Waals surface area contributed by atoms with Crippen LogP contribution in [0.15, 0.2) is 22.3 Å². The third-order valence-corrected chi connectivity index (χ3v) is 4.62. The molecule has 11 heteroatoms. The van der Waals surface area contributed by atoms with E-state index < -0.39 is 33.9 Å². The molecule has 1 aliphatic heterocycles. The zero-order valence-corrected chi connectivity index (χ0v) is 15.3. The molecule has 1 aromatic rings. The topological polar surface area (TPSA) is 108 Å². The van der Waals surface area contributed by atoms with Gasteiger partial charge in [0.05, 0.1) is 19.4 Å². The van der Waals surface area contributed by atoms with E-state index in [4.69, 9.17) is 32.7 Å². The van der Waals surface area contributed by atoms with Crippen LogP contribution in [0.5, 0.6) is 0 Å². The highest BCUT2D eigenvalue weighted by molar-refractivity contribution is 9.10. The van der Waals surface area contributed by atoms with Gasteiger partial charge in [-0.15, -0.1) is 0 Å². The van der Waals surface area contributed by atoms with Crippen LogP contribution >= 0.6 is 39.1 Å². The second-order valence-electron chi connectivity index (χ2n) is 5.02. The minimum Gasteiger partial charge on any atom is -0.419 e. The zero-order valence-electron chi connectivity index (χ0n) is 12.2. The summed E-state index contributed by atoms with van der Waals surface area (Å²) in [6, 6.07) is 1.04. The van der Waals surface area contributed by atoms with E-state index in [2.05, 4.69) is 21.2 Å². The molecule has 128 valence electrons. The maximum atomic E-state index is 11.8. The predicted molar refractivity (Wildman–Crippen MR) is 88.8 cm³/mol. The van der Waals surface area contributed by atoms with Gasteiger partial charge in [-0.25, -0.2) is 9.59 Å². The minimum atomic E-state index is -1.39. The monoisotopic (exact) mass is 438 g/mol. The third-order valence-electron chi connectivity index (χ3n) is 2.82. The molecule has 0 atom stereocenters. The van der Waals surface area contributed by atoms with Crippen molar-refractivity contribution in [2.75, 3.05) is 5.32 Å². The summed E-state index contributed by atoms with van der Waals surface area (Å²) in [6.07, 6.45) is 0.942. The van der Waals surface area contributed by atoms with Crippen molar-refractivity contribution in [3.63, 3.8) is 0 Å². The van der Waals surface area contributed by atoms with Gasteiger partial charge >= 0.3 is 11.9 Å². The van der Waals surface area contributed by atoms with E-state index in [0.29, 0.717) is 0 Å². The first-order valence-electron chi connectivity index (χ1n) is 6.29. The van der Waals surface area contributed by atoms with E-state index >= 15 is 0 Å². The lowest BCUT2D eigenvalue weighted by Gasteiger charge is -2.29. The highest BCUT2D eigenvalue weighted by Gasteiger charge is 2.39. The molecular weight excluding hydrogens is 431 g/mol. The summed E-state index contributed by atoms with van der Waals surface area (Å²) in [6.45, 7) is 2.79. The molecule has 1 aliphatic rings. The van der Waals surface area contributed by atoms with Crippen molar-refractivity contribution < 1.29 is 24.0 Å². The zero-order chi connectivity index (χ0) is 18.2. The smallest absolute Gasteiger partial charge is 0.350 e. The number of nitrogens with zero attached hydrogens (tertiary/aromatic N) is 1. The van der Waals surface area contributed by atoms with Crippen LogP contribution in [0.2, 0.25) is 10.0 Å². The highest BCUT2D eigenvalue weighted by Crippen LogP contribution is 2.42. The minimum absolute atomic E-state index is 0.0260. The quantitative estimate of drug-likeness (QED) is 0.190. The second kappa shape index (κ2) is 6.58. The molecule has 1 aromatic carbocycles. The molecule has 0 saturated carbocycles. The Hall–Kier alpha value is -1.84. The second-order valence-corrected chi connectivity index (χ2v) is 6.60. The van der Waals surface area contributed by atoms with Crippen molar-refractivity contribution >= 4 is 62.4 Å². The number of esters is 2. The van der Waals surface area contributed by atoms with Gasteiger partial charge < -0.3 is 14.8 Å². The van der Waals surface area contributed by atoms with E-state index in [1.54, 1.807) is 0 Å². The Labute approximate surface area is 154 Å². The van der Waals surface area contributed by atoms with Gasteiger partial charge in [0, 0.05) is 26.1 Å². The molecule has 0 amide bonds. The van der Waals surface area contributed by atoms with E-state index in [0.717, 1.165) is 12.3 Å². The van der Waals surface area contributed by atoms with Gasteiger partial charge in [-0.05, 0) is 15.9 Å². The van der Waals surface area contributed by atoms with Gasteiger partial charge in [0.25, 0.3) is 11.5 Å². The number of nitro benzene ring substituents is 1. The van der Waals surface area contributed by atoms with Crippen molar-refractivity contribution in [2.24, 2.45) is 0 Å². The molecule has 24 heavy (non-hydrogen) atoms. The predicted octanol–water partition coefficient (Wildman–Crippen LogP) is 3.80. The fourth-order valence-electron chi connectivity index (χ4n) is 1.79. The first-order valence-corrected chi connectivity index (χ1v) is 7.83. The molecule has 0 unspecified atom stereocenters. The number of hydrogen-bond donors (Lipinski definition) is 1. The average molecular weight is 440 g/mol. The van der Waals surface area contributed by atoms with Gasteiger partial charge in [-0.1, -0.05) is 23.2 Å². The molecule has 0 radical (unpaired) electrons. The molecular formula is C13H9BrCl2N2O6. The molecule has 0 spiro atoms. The summed E-state index contributed by atoms with van der Waals surface area (Å²) in [5, 5.41) is 13.6. The molecule has 8 nitrogen and oxygen atoms in total. The van der Waals surface area contributed by atoms with Crippen LogP contribution in [-0.4, -0.2) is 22.6 Å². The first-order chi connectivity index (χ1) is 11.0. The fraction of sp³-hybridized carbons (Fsp3) is 0.231. The summed E-state index contributed by atoms with van der Waals surface area (Å²) in [5.41, 5.74) is -0.958. The van der Waals surface area contributed by atoms with Crippen LogP contribution < -0.4 is 5.32 Å². The summed E-state index contributed by atoms with van der Waals surface area (Å²) in [7, 11) is 0. The summed E-state index contributed by atoms with van der Waals surface area (Å²) >= 11 is 14.8. The number of nitrogens with one attached hydrogen (secondary N) is 1. The SMILES string of the molecule is CC1(C)OC(=O)C(=CNc2c([N+](=O)[O-])cc(Cl)c(Cl)c2Br)C(=O)O1. The summed E-state index contributed by atoms with van der Waals surface area (Å²) in [4.78, 5) is 34.1. The molecule has 1 N–H and O–H groups in total. The number of halogens is 3. The Morgan fingerprint density at radius 1 is 1.29 bits per heavy atom. The van der Waals surface area contributed by atoms with E-state index in [9.17, 15) is 19.7 Å². The van der Waals surface area contributed by atoms with Crippen LogP contribution in [-0.2, 0) is 19.1 Å². The van der Waals surface area contributed by atoms with E-state index in [-0.39, 0.29) is 20.2 Å². The molecule has 1 saturated heterocycles. The van der Waals surface area contributed by atoms with Crippen LogP contribution in [0.25, 0.3) is 0 Å². The lowest BCUT2D eigenvalue weighted by molar-refractivity contribution is -0.384. The van der Waals surface area contributed by atoms with Crippen LogP contribution in [0.1, 0.15) is 13.8 Å². The lowest BCUT2D eigenvalue weighted by Crippen LogP contribution is -2.42. The van der Waals surface area contributed by atoms with Crippen molar-refractivity contribution in [3.05, 3.63) is 42.5 Å². The number of ether oxygens (including phenoxy) is 2. The van der Waals surface area contributed by atoms with Gasteiger partial charge in [0.2, 0.25) is 0 Å². The van der Waals surface area contributed by atoms with Gasteiger partial charge in [-0.2, -0.15) is 0 Å². The summed E-state index contributed by atoms with van der Waals surface area (Å²) < 4.78 is 9.92. The normalized spacial score (nSPS) is 16.3. The molecule has 0 aliphatic carbocycles. The molecule has 1 fully saturated rings. The molecule has 0 aromatic heterocycles. The number of nitro groups is 1. The number of anilines is 1. The van der Waals surface area contributed by atoms with Crippen LogP contribution in [0, 0.1) is 10.1 Å². The maximum Gasteiger partial charge on any atom is 0.350 e. The number of rotatable bonds is 3. The van der Waals surface area contributed by atoms with Crippen molar-refractivity contribution in [1.82, 2.24) is 0 Å². The Balaban J connectivity index is 2.42. The van der Waals surface area contributed by atoms with Gasteiger partial charge in [0.1, 0.15) is 5.69 Å². The van der Waals surface area contributed by atoms with Crippen LogP contribution in [0.3, 0.4) is 0 Å². The molecule has 1 heterocycles. The van der Waals surface area contributed by atoms with Gasteiger partial charge in [-0.3, -0.25) is 10.1 Å². The Bertz CT molecular complexity index is 771. The Morgan fingerprint density at radius 2 is 1.83 bits per heavy atom. The first kappa shape index (κ1) is 18.5. The van der Waals surface area contributed by atoms with Crippen LogP contribution in [0.4, 0.5) is 11.4 Å². The molecule has 2 rings (SSSR count). The average Bonchev–Trinajstić information content (AvgIpc) is 2.44. The Morgan fingerprint density at radius 3 is 2.33 bits per heavy atom. The maximum absolute atomic E-state index is 11.8. The third kappa shape index (κ3) is 3.63. The lowest BCUT2D eigenvalue weighted by atomic mass is 10.2. The van der Waals surface area contributed by atoms with E-state index in [1.807, 2.05) is 0 Å². The van der Waals surface area contributed by atoms with Crippen molar-refractivity contribution in [2.45, 2.75) is 19.6 Å². The van der Waals surface area contributed by atoms with E-state index in [1.165, 1.54) is 13.8 Å². The number of hydrogen-bond acceptors (Lipinski definition) is 7.